The van der Waals surface area contributed by atoms with Gasteiger partial charge in [0.2, 0.25) is 0 Å². The highest BCUT2D eigenvalue weighted by molar-refractivity contribution is 5.61. The largest absolute Gasteiger partial charge is 0.302 e. The lowest BCUT2D eigenvalue weighted by atomic mass is 9.98. The van der Waals surface area contributed by atoms with Crippen LogP contribution < -0.4 is 5.32 Å². The predicted molar refractivity (Wildman–Crippen MR) is 103 cm³/mol. The number of pyridine rings is 1. The van der Waals surface area contributed by atoms with Crippen molar-refractivity contribution in [1.29, 1.82) is 0 Å². The van der Waals surface area contributed by atoms with Crippen LogP contribution in [0.25, 0.3) is 11.3 Å². The van der Waals surface area contributed by atoms with Crippen LogP contribution >= 0.6 is 0 Å². The molecule has 0 aliphatic rings. The Morgan fingerprint density at radius 2 is 1.50 bits per heavy atom. The van der Waals surface area contributed by atoms with Crippen molar-refractivity contribution >= 4 is 0 Å². The Hall–Kier alpha value is -3.24. The topological polar surface area (TPSA) is 53.6 Å². The first-order valence-corrected chi connectivity index (χ1v) is 8.68. The van der Waals surface area contributed by atoms with E-state index >= 15 is 0 Å². The van der Waals surface area contributed by atoms with Gasteiger partial charge in [0.15, 0.2) is 0 Å². The molecule has 4 heteroatoms. The highest BCUT2D eigenvalue weighted by atomic mass is 15.1. The molecule has 0 unspecified atom stereocenters. The minimum Gasteiger partial charge on any atom is -0.302 e. The fourth-order valence-electron chi connectivity index (χ4n) is 3.14. The van der Waals surface area contributed by atoms with Crippen LogP contribution in [0.3, 0.4) is 0 Å². The highest BCUT2D eigenvalue weighted by Crippen LogP contribution is 2.24. The molecule has 0 spiro atoms. The minimum atomic E-state index is 0.119. The molecule has 0 saturated carbocycles. The lowest BCUT2D eigenvalue weighted by molar-refractivity contribution is 0.606. The Morgan fingerprint density at radius 3 is 2.12 bits per heavy atom. The van der Waals surface area contributed by atoms with E-state index in [1.165, 1.54) is 11.1 Å². The summed E-state index contributed by atoms with van der Waals surface area (Å²) in [6.07, 6.45) is 5.50. The number of aromatic amines is 1. The van der Waals surface area contributed by atoms with Gasteiger partial charge in [-0.25, -0.2) is 0 Å². The molecule has 2 aromatic heterocycles. The molecule has 4 nitrogen and oxygen atoms in total. The molecule has 2 heterocycles. The van der Waals surface area contributed by atoms with Crippen LogP contribution in [0.4, 0.5) is 0 Å². The number of aromatic nitrogens is 3. The summed E-state index contributed by atoms with van der Waals surface area (Å²) >= 11 is 0. The van der Waals surface area contributed by atoms with Crippen LogP contribution in [0.15, 0.2) is 91.4 Å². The predicted octanol–water partition coefficient (Wildman–Crippen LogP) is 4.35. The van der Waals surface area contributed by atoms with Crippen LogP contribution in [0.1, 0.15) is 22.7 Å². The maximum Gasteiger partial charge on any atom is 0.0710 e. The standard InChI is InChI=1S/C22H20N4/c1-3-8-17(9-4-1)21(18-10-5-2-6-11-18)24-15-20-16-25-26-22(20)19-12-7-13-23-14-19/h1-14,16,21,24H,15H2,(H,25,26). The molecular formula is C22H20N4. The smallest absolute Gasteiger partial charge is 0.0710 e. The Balaban J connectivity index is 1.60. The van der Waals surface area contributed by atoms with Crippen LogP contribution in [-0.4, -0.2) is 15.2 Å². The number of nitrogens with one attached hydrogen (secondary N) is 2. The number of H-pyrrole nitrogens is 1. The molecule has 0 aliphatic heterocycles. The van der Waals surface area contributed by atoms with E-state index in [0.29, 0.717) is 6.54 Å². The number of benzene rings is 2. The molecule has 4 aromatic rings. The van der Waals surface area contributed by atoms with Crippen LogP contribution in [0.5, 0.6) is 0 Å². The van der Waals surface area contributed by atoms with Gasteiger partial charge in [-0.05, 0) is 23.3 Å². The van der Waals surface area contributed by atoms with Gasteiger partial charge in [-0.3, -0.25) is 10.1 Å². The fourth-order valence-corrected chi connectivity index (χ4v) is 3.14. The average Bonchev–Trinajstić information content (AvgIpc) is 3.19. The highest BCUT2D eigenvalue weighted by Gasteiger charge is 2.15. The molecule has 2 N–H and O–H groups in total. The van der Waals surface area contributed by atoms with Crippen molar-refractivity contribution in [2.24, 2.45) is 0 Å². The molecular weight excluding hydrogens is 320 g/mol. The summed E-state index contributed by atoms with van der Waals surface area (Å²) in [6, 6.07) is 25.1. The summed E-state index contributed by atoms with van der Waals surface area (Å²) < 4.78 is 0. The van der Waals surface area contributed by atoms with Gasteiger partial charge in [0, 0.05) is 30.1 Å². The van der Waals surface area contributed by atoms with Gasteiger partial charge in [0.25, 0.3) is 0 Å². The van der Waals surface area contributed by atoms with Gasteiger partial charge in [0.05, 0.1) is 17.9 Å². The zero-order chi connectivity index (χ0) is 17.6. The third kappa shape index (κ3) is 3.55. The van der Waals surface area contributed by atoms with Gasteiger partial charge >= 0.3 is 0 Å². The van der Waals surface area contributed by atoms with Crippen molar-refractivity contribution in [3.05, 3.63) is 108 Å². The Labute approximate surface area is 152 Å². The van der Waals surface area contributed by atoms with Gasteiger partial charge in [-0.1, -0.05) is 60.7 Å². The molecule has 4 rings (SSSR count). The van der Waals surface area contributed by atoms with Crippen LogP contribution in [0, 0.1) is 0 Å². The number of nitrogens with zero attached hydrogens (tertiary/aromatic N) is 2. The van der Waals surface area contributed by atoms with E-state index in [9.17, 15) is 0 Å². The number of hydrogen-bond donors (Lipinski definition) is 2. The van der Waals surface area contributed by atoms with E-state index in [1.54, 1.807) is 6.20 Å². The van der Waals surface area contributed by atoms with Crippen molar-refractivity contribution in [3.63, 3.8) is 0 Å². The molecule has 0 radical (unpaired) electrons. The second-order valence-corrected chi connectivity index (χ2v) is 6.15. The minimum absolute atomic E-state index is 0.119. The second kappa shape index (κ2) is 7.76. The summed E-state index contributed by atoms with van der Waals surface area (Å²) in [4.78, 5) is 4.20. The third-order valence-electron chi connectivity index (χ3n) is 4.43. The summed E-state index contributed by atoms with van der Waals surface area (Å²) in [6.45, 7) is 0.704. The quantitative estimate of drug-likeness (QED) is 0.549. The van der Waals surface area contributed by atoms with Gasteiger partial charge in [-0.2, -0.15) is 5.10 Å². The lowest BCUT2D eigenvalue weighted by Crippen LogP contribution is -2.22. The van der Waals surface area contributed by atoms with Crippen molar-refractivity contribution < 1.29 is 0 Å². The maximum absolute atomic E-state index is 4.23. The monoisotopic (exact) mass is 340 g/mol. The summed E-state index contributed by atoms with van der Waals surface area (Å²) in [5.74, 6) is 0. The lowest BCUT2D eigenvalue weighted by Gasteiger charge is -2.20. The first-order chi connectivity index (χ1) is 12.9. The van der Waals surface area contributed by atoms with Crippen molar-refractivity contribution in [1.82, 2.24) is 20.5 Å². The Morgan fingerprint density at radius 1 is 0.808 bits per heavy atom. The number of hydrogen-bond acceptors (Lipinski definition) is 3. The molecule has 128 valence electrons. The molecule has 0 bridgehead atoms. The van der Waals surface area contributed by atoms with Crippen molar-refractivity contribution in [2.45, 2.75) is 12.6 Å². The SMILES string of the molecule is c1ccc(C(NCc2cn[nH]c2-c2cccnc2)c2ccccc2)cc1. The first-order valence-electron chi connectivity index (χ1n) is 8.68. The Kier molecular flexibility index (Phi) is 4.85. The maximum atomic E-state index is 4.23. The zero-order valence-electron chi connectivity index (χ0n) is 14.3. The summed E-state index contributed by atoms with van der Waals surface area (Å²) in [5.41, 5.74) is 5.65. The van der Waals surface area contributed by atoms with Crippen molar-refractivity contribution in [2.75, 3.05) is 0 Å². The Bertz CT molecular complexity index is 894. The van der Waals surface area contributed by atoms with Gasteiger partial charge < -0.3 is 5.32 Å². The normalized spacial score (nSPS) is 11.0. The average molecular weight is 340 g/mol. The zero-order valence-corrected chi connectivity index (χ0v) is 14.3. The molecule has 0 amide bonds. The van der Waals surface area contributed by atoms with E-state index in [4.69, 9.17) is 0 Å². The van der Waals surface area contributed by atoms with Crippen molar-refractivity contribution in [3.8, 4) is 11.3 Å². The third-order valence-corrected chi connectivity index (χ3v) is 4.43. The van der Waals surface area contributed by atoms with Gasteiger partial charge in [0.1, 0.15) is 0 Å². The molecule has 0 atom stereocenters. The van der Waals surface area contributed by atoms with Crippen LogP contribution in [-0.2, 0) is 6.54 Å². The molecule has 0 fully saturated rings. The summed E-state index contributed by atoms with van der Waals surface area (Å²) in [5, 5.41) is 11.0. The molecule has 26 heavy (non-hydrogen) atoms. The van der Waals surface area contributed by atoms with Gasteiger partial charge in [-0.15, -0.1) is 0 Å². The molecule has 0 saturated heterocycles. The van der Waals surface area contributed by atoms with E-state index < -0.39 is 0 Å². The first kappa shape index (κ1) is 16.2. The molecule has 0 aliphatic carbocycles. The fraction of sp³-hybridized carbons (Fsp3) is 0.0909. The van der Waals surface area contributed by atoms with E-state index in [0.717, 1.165) is 16.8 Å². The van der Waals surface area contributed by atoms with Crippen LogP contribution in [0.2, 0.25) is 0 Å². The van der Waals surface area contributed by atoms with E-state index in [-0.39, 0.29) is 6.04 Å². The van der Waals surface area contributed by atoms with E-state index in [2.05, 4.69) is 69.0 Å². The second-order valence-electron chi connectivity index (χ2n) is 6.15. The number of rotatable bonds is 6. The molecule has 2 aromatic carbocycles. The van der Waals surface area contributed by atoms with E-state index in [1.807, 2.05) is 36.7 Å². The summed E-state index contributed by atoms with van der Waals surface area (Å²) in [7, 11) is 0.